The Balaban J connectivity index is 1.96. The van der Waals surface area contributed by atoms with E-state index in [2.05, 4.69) is 4.72 Å². The molecule has 18 heavy (non-hydrogen) atoms. The number of nitrogens with one attached hydrogen (secondary N) is 1. The van der Waals surface area contributed by atoms with Gasteiger partial charge < -0.3 is 10.5 Å². The van der Waals surface area contributed by atoms with Crippen LogP contribution in [-0.4, -0.2) is 28.2 Å². The molecule has 6 heteroatoms. The van der Waals surface area contributed by atoms with E-state index in [0.29, 0.717) is 31.4 Å². The van der Waals surface area contributed by atoms with Gasteiger partial charge in [0.05, 0.1) is 4.90 Å². The number of hydrogen-bond donors (Lipinski definition) is 2. The summed E-state index contributed by atoms with van der Waals surface area (Å²) in [4.78, 5) is 0.253. The Morgan fingerprint density at radius 1 is 1.22 bits per heavy atom. The van der Waals surface area contributed by atoms with E-state index >= 15 is 0 Å². The van der Waals surface area contributed by atoms with Crippen molar-refractivity contribution in [2.45, 2.75) is 17.7 Å². The van der Waals surface area contributed by atoms with E-state index in [1.165, 1.54) is 12.1 Å². The average Bonchev–Trinajstić information content (AvgIpc) is 2.38. The predicted octanol–water partition coefficient (Wildman–Crippen LogP) is 0.974. The summed E-state index contributed by atoms with van der Waals surface area (Å²) in [5.41, 5.74) is 6.09. The van der Waals surface area contributed by atoms with Crippen molar-refractivity contribution in [1.82, 2.24) is 4.72 Å². The quantitative estimate of drug-likeness (QED) is 0.799. The lowest BCUT2D eigenvalue weighted by atomic mass is 10.0. The van der Waals surface area contributed by atoms with Crippen LogP contribution < -0.4 is 10.5 Å². The van der Waals surface area contributed by atoms with Gasteiger partial charge in [0.25, 0.3) is 0 Å². The molecule has 1 aromatic carbocycles. The van der Waals surface area contributed by atoms with Gasteiger partial charge in [0.15, 0.2) is 0 Å². The maximum Gasteiger partial charge on any atom is 0.240 e. The van der Waals surface area contributed by atoms with Crippen LogP contribution in [0.3, 0.4) is 0 Å². The Morgan fingerprint density at radius 3 is 2.44 bits per heavy atom. The second kappa shape index (κ2) is 5.69. The Labute approximate surface area is 107 Å². The third-order valence-electron chi connectivity index (χ3n) is 3.09. The normalized spacial score (nSPS) is 17.8. The molecule has 0 radical (unpaired) electrons. The summed E-state index contributed by atoms with van der Waals surface area (Å²) in [6.45, 7) is 1.90. The molecule has 2 rings (SSSR count). The van der Waals surface area contributed by atoms with Gasteiger partial charge in [-0.3, -0.25) is 0 Å². The fraction of sp³-hybridized carbons (Fsp3) is 0.500. The summed E-state index contributed by atoms with van der Waals surface area (Å²) in [5, 5.41) is 0. The Morgan fingerprint density at radius 2 is 1.83 bits per heavy atom. The zero-order valence-corrected chi connectivity index (χ0v) is 10.9. The van der Waals surface area contributed by atoms with Gasteiger partial charge in [0.1, 0.15) is 0 Å². The molecule has 0 unspecified atom stereocenters. The second-order valence-electron chi connectivity index (χ2n) is 4.48. The lowest BCUT2D eigenvalue weighted by Crippen LogP contribution is -2.32. The number of hydrogen-bond acceptors (Lipinski definition) is 4. The zero-order chi connectivity index (χ0) is 13.0. The van der Waals surface area contributed by atoms with E-state index in [9.17, 15) is 8.42 Å². The molecule has 1 aromatic rings. The first-order valence-electron chi connectivity index (χ1n) is 6.01. The molecule has 1 fully saturated rings. The van der Waals surface area contributed by atoms with Crippen molar-refractivity contribution >= 4 is 15.7 Å². The highest BCUT2D eigenvalue weighted by atomic mass is 32.2. The molecule has 1 aliphatic rings. The molecule has 0 amide bonds. The molecule has 3 N–H and O–H groups in total. The van der Waals surface area contributed by atoms with Crippen LogP contribution in [0.2, 0.25) is 0 Å². The first-order chi connectivity index (χ1) is 8.58. The lowest BCUT2D eigenvalue weighted by Gasteiger charge is -2.22. The number of nitrogens with two attached hydrogens (primary N) is 1. The molecule has 0 aliphatic carbocycles. The van der Waals surface area contributed by atoms with Gasteiger partial charge >= 0.3 is 0 Å². The smallest absolute Gasteiger partial charge is 0.240 e. The van der Waals surface area contributed by atoms with E-state index in [1.54, 1.807) is 12.1 Å². The molecule has 100 valence electrons. The van der Waals surface area contributed by atoms with Crippen molar-refractivity contribution in [3.8, 4) is 0 Å². The van der Waals surface area contributed by atoms with Crippen molar-refractivity contribution in [1.29, 1.82) is 0 Å². The van der Waals surface area contributed by atoms with Crippen LogP contribution in [0.1, 0.15) is 12.8 Å². The zero-order valence-electron chi connectivity index (χ0n) is 10.1. The summed E-state index contributed by atoms with van der Waals surface area (Å²) in [5.74, 6) is 0.363. The standard InChI is InChI=1S/C12H18N2O3S/c13-11-1-3-12(4-2-11)18(15,16)14-9-10-5-7-17-8-6-10/h1-4,10,14H,5-9,13H2. The lowest BCUT2D eigenvalue weighted by molar-refractivity contribution is 0.0678. The molecule has 1 aliphatic heterocycles. The molecule has 1 heterocycles. The topological polar surface area (TPSA) is 81.4 Å². The van der Waals surface area contributed by atoms with Crippen LogP contribution in [-0.2, 0) is 14.8 Å². The molecule has 1 saturated heterocycles. The van der Waals surface area contributed by atoms with Gasteiger partial charge in [-0.2, -0.15) is 0 Å². The summed E-state index contributed by atoms with van der Waals surface area (Å²) >= 11 is 0. The van der Waals surface area contributed by atoms with Crippen LogP contribution in [0.5, 0.6) is 0 Å². The third kappa shape index (κ3) is 3.44. The van der Waals surface area contributed by atoms with Gasteiger partial charge in [-0.15, -0.1) is 0 Å². The van der Waals surface area contributed by atoms with Crippen LogP contribution in [0.15, 0.2) is 29.2 Å². The van der Waals surface area contributed by atoms with Crippen molar-refractivity contribution < 1.29 is 13.2 Å². The highest BCUT2D eigenvalue weighted by Gasteiger charge is 2.18. The summed E-state index contributed by atoms with van der Waals surface area (Å²) in [6.07, 6.45) is 1.81. The fourth-order valence-electron chi connectivity index (χ4n) is 1.91. The van der Waals surface area contributed by atoms with Crippen molar-refractivity contribution in [3.63, 3.8) is 0 Å². The van der Waals surface area contributed by atoms with E-state index in [1.807, 2.05) is 0 Å². The second-order valence-corrected chi connectivity index (χ2v) is 6.24. The minimum Gasteiger partial charge on any atom is -0.399 e. The molecule has 5 nitrogen and oxygen atoms in total. The number of nitrogen functional groups attached to an aromatic ring is 1. The molecule has 0 bridgehead atoms. The Hall–Kier alpha value is -1.11. The van der Waals surface area contributed by atoms with Crippen LogP contribution in [0.25, 0.3) is 0 Å². The highest BCUT2D eigenvalue weighted by molar-refractivity contribution is 7.89. The number of sulfonamides is 1. The maximum absolute atomic E-state index is 12.0. The van der Waals surface area contributed by atoms with Gasteiger partial charge in [0.2, 0.25) is 10.0 Å². The van der Waals surface area contributed by atoms with Gasteiger partial charge in [-0.25, -0.2) is 13.1 Å². The molecule has 0 spiro atoms. The summed E-state index contributed by atoms with van der Waals surface area (Å²) in [6, 6.07) is 6.20. The molecular formula is C12H18N2O3S. The van der Waals surface area contributed by atoms with E-state index < -0.39 is 10.0 Å². The van der Waals surface area contributed by atoms with Crippen molar-refractivity contribution in [2.75, 3.05) is 25.5 Å². The first kappa shape index (κ1) is 13.3. The van der Waals surface area contributed by atoms with Crippen LogP contribution in [0.4, 0.5) is 5.69 Å². The first-order valence-corrected chi connectivity index (χ1v) is 7.49. The van der Waals surface area contributed by atoms with E-state index in [0.717, 1.165) is 12.8 Å². The Bertz CT molecular complexity index is 479. The van der Waals surface area contributed by atoms with Crippen molar-refractivity contribution in [2.24, 2.45) is 5.92 Å². The summed E-state index contributed by atoms with van der Waals surface area (Å²) in [7, 11) is -3.42. The number of rotatable bonds is 4. The minimum absolute atomic E-state index is 0.253. The summed E-state index contributed by atoms with van der Waals surface area (Å²) < 4.78 is 31.9. The Kier molecular flexibility index (Phi) is 4.21. The largest absolute Gasteiger partial charge is 0.399 e. The number of benzene rings is 1. The van der Waals surface area contributed by atoms with Gasteiger partial charge in [0, 0.05) is 25.4 Å². The fourth-order valence-corrected chi connectivity index (χ4v) is 3.02. The predicted molar refractivity (Wildman–Crippen MR) is 69.6 cm³/mol. The van der Waals surface area contributed by atoms with E-state index in [-0.39, 0.29) is 4.90 Å². The number of anilines is 1. The van der Waals surface area contributed by atoms with Gasteiger partial charge in [-0.1, -0.05) is 0 Å². The highest BCUT2D eigenvalue weighted by Crippen LogP contribution is 2.16. The number of ether oxygens (including phenoxy) is 1. The minimum atomic E-state index is -3.42. The van der Waals surface area contributed by atoms with Crippen molar-refractivity contribution in [3.05, 3.63) is 24.3 Å². The average molecular weight is 270 g/mol. The third-order valence-corrected chi connectivity index (χ3v) is 4.53. The van der Waals surface area contributed by atoms with Crippen LogP contribution >= 0.6 is 0 Å². The SMILES string of the molecule is Nc1ccc(S(=O)(=O)NCC2CCOCC2)cc1. The molecular weight excluding hydrogens is 252 g/mol. The molecule has 0 aromatic heterocycles. The maximum atomic E-state index is 12.0. The van der Waals surface area contributed by atoms with Crippen LogP contribution in [0, 0.1) is 5.92 Å². The molecule has 0 saturated carbocycles. The van der Waals surface area contributed by atoms with Gasteiger partial charge in [-0.05, 0) is 43.0 Å². The van der Waals surface area contributed by atoms with E-state index in [4.69, 9.17) is 10.5 Å². The molecule has 0 atom stereocenters. The monoisotopic (exact) mass is 270 g/mol.